The van der Waals surface area contributed by atoms with Gasteiger partial charge in [-0.25, -0.2) is 4.39 Å². The first-order valence-electron chi connectivity index (χ1n) is 5.21. The first-order valence-corrected chi connectivity index (χ1v) is 5.97. The van der Waals surface area contributed by atoms with Gasteiger partial charge in [0, 0.05) is 15.7 Å². The van der Waals surface area contributed by atoms with Crippen molar-refractivity contribution in [2.24, 2.45) is 0 Å². The molecule has 19 heavy (non-hydrogen) atoms. The fourth-order valence-electron chi connectivity index (χ4n) is 1.52. The van der Waals surface area contributed by atoms with E-state index in [1.165, 1.54) is 24.3 Å². The third-order valence-corrected chi connectivity index (χ3v) is 2.78. The lowest BCUT2D eigenvalue weighted by atomic mass is 10.2. The van der Waals surface area contributed by atoms with E-state index in [2.05, 4.69) is 5.32 Å². The number of carbonyl (C=O) groups is 1. The fourth-order valence-corrected chi connectivity index (χ4v) is 1.91. The first kappa shape index (κ1) is 13.6. The van der Waals surface area contributed by atoms with Gasteiger partial charge in [0.05, 0.1) is 5.56 Å². The third-order valence-electron chi connectivity index (χ3n) is 2.32. The number of aromatic hydroxyl groups is 1. The topological polar surface area (TPSA) is 49.3 Å². The Bertz CT molecular complexity index is 626. The number of carbonyl (C=O) groups excluding carboxylic acids is 1. The van der Waals surface area contributed by atoms with E-state index in [4.69, 9.17) is 23.2 Å². The fraction of sp³-hybridized carbons (Fsp3) is 0. The van der Waals surface area contributed by atoms with Gasteiger partial charge in [0.1, 0.15) is 11.6 Å². The molecule has 0 aliphatic rings. The van der Waals surface area contributed by atoms with Crippen molar-refractivity contribution in [3.63, 3.8) is 0 Å². The Hall–Kier alpha value is -1.78. The normalized spacial score (nSPS) is 10.3. The molecule has 0 saturated carbocycles. The lowest BCUT2D eigenvalue weighted by Crippen LogP contribution is -2.12. The van der Waals surface area contributed by atoms with Crippen LogP contribution in [0, 0.1) is 5.82 Å². The van der Waals surface area contributed by atoms with Gasteiger partial charge < -0.3 is 10.4 Å². The van der Waals surface area contributed by atoms with Crippen LogP contribution in [0.4, 0.5) is 10.1 Å². The number of halogens is 3. The zero-order valence-electron chi connectivity index (χ0n) is 9.45. The molecule has 0 fully saturated rings. The SMILES string of the molecule is O=C(Nc1cc(F)cc(Cl)c1)c1ccc(Cl)cc1O. The summed E-state index contributed by atoms with van der Waals surface area (Å²) in [5.74, 6) is -1.41. The minimum Gasteiger partial charge on any atom is -0.507 e. The van der Waals surface area contributed by atoms with Crippen LogP contribution in [0.1, 0.15) is 10.4 Å². The highest BCUT2D eigenvalue weighted by Crippen LogP contribution is 2.24. The standard InChI is InChI=1S/C13H8Cl2FNO2/c14-7-1-2-11(12(18)5-7)13(19)17-10-4-8(15)3-9(16)6-10/h1-6,18H,(H,17,19). The van der Waals surface area contributed by atoms with E-state index in [0.717, 1.165) is 12.1 Å². The summed E-state index contributed by atoms with van der Waals surface area (Å²) >= 11 is 11.3. The quantitative estimate of drug-likeness (QED) is 0.877. The molecule has 0 aliphatic carbocycles. The van der Waals surface area contributed by atoms with E-state index in [9.17, 15) is 14.3 Å². The van der Waals surface area contributed by atoms with E-state index in [1.54, 1.807) is 0 Å². The Morgan fingerprint density at radius 3 is 2.47 bits per heavy atom. The molecule has 0 unspecified atom stereocenters. The van der Waals surface area contributed by atoms with Crippen molar-refractivity contribution in [2.75, 3.05) is 5.32 Å². The summed E-state index contributed by atoms with van der Waals surface area (Å²) in [5, 5.41) is 12.5. The van der Waals surface area contributed by atoms with Crippen molar-refractivity contribution in [2.45, 2.75) is 0 Å². The van der Waals surface area contributed by atoms with E-state index >= 15 is 0 Å². The van der Waals surface area contributed by atoms with Crippen LogP contribution in [0.15, 0.2) is 36.4 Å². The van der Waals surface area contributed by atoms with Crippen LogP contribution >= 0.6 is 23.2 Å². The van der Waals surface area contributed by atoms with Gasteiger partial charge in [0.2, 0.25) is 0 Å². The highest BCUT2D eigenvalue weighted by atomic mass is 35.5. The number of hydrogen-bond donors (Lipinski definition) is 2. The molecule has 0 radical (unpaired) electrons. The van der Waals surface area contributed by atoms with Gasteiger partial charge >= 0.3 is 0 Å². The molecule has 2 rings (SSSR count). The van der Waals surface area contributed by atoms with E-state index in [-0.39, 0.29) is 22.0 Å². The molecule has 98 valence electrons. The van der Waals surface area contributed by atoms with Gasteiger partial charge in [-0.3, -0.25) is 4.79 Å². The highest BCUT2D eigenvalue weighted by Gasteiger charge is 2.12. The number of rotatable bonds is 2. The highest BCUT2D eigenvalue weighted by molar-refractivity contribution is 6.31. The molecule has 0 saturated heterocycles. The molecule has 0 atom stereocenters. The summed E-state index contributed by atoms with van der Waals surface area (Å²) in [6.45, 7) is 0. The lowest BCUT2D eigenvalue weighted by molar-refractivity contribution is 0.102. The molecule has 2 N–H and O–H groups in total. The summed E-state index contributed by atoms with van der Waals surface area (Å²) < 4.78 is 13.1. The van der Waals surface area contributed by atoms with Gasteiger partial charge in [-0.05, 0) is 36.4 Å². The van der Waals surface area contributed by atoms with Crippen LogP contribution in [0.25, 0.3) is 0 Å². The van der Waals surface area contributed by atoms with Crippen LogP contribution < -0.4 is 5.32 Å². The largest absolute Gasteiger partial charge is 0.507 e. The molecule has 0 bridgehead atoms. The van der Waals surface area contributed by atoms with E-state index in [1.807, 2.05) is 0 Å². The monoisotopic (exact) mass is 299 g/mol. The second-order valence-electron chi connectivity index (χ2n) is 3.77. The maximum atomic E-state index is 13.1. The van der Waals surface area contributed by atoms with Crippen molar-refractivity contribution in [3.8, 4) is 5.75 Å². The number of phenolic OH excluding ortho intramolecular Hbond substituents is 1. The lowest BCUT2D eigenvalue weighted by Gasteiger charge is -2.07. The van der Waals surface area contributed by atoms with Gasteiger partial charge in [-0.15, -0.1) is 0 Å². The van der Waals surface area contributed by atoms with Crippen LogP contribution in [0.5, 0.6) is 5.75 Å². The Labute approximate surface area is 118 Å². The number of anilines is 1. The van der Waals surface area contributed by atoms with Gasteiger partial charge in [0.15, 0.2) is 0 Å². The predicted octanol–water partition coefficient (Wildman–Crippen LogP) is 4.09. The predicted molar refractivity (Wildman–Crippen MR) is 72.5 cm³/mol. The van der Waals surface area contributed by atoms with E-state index in [0.29, 0.717) is 5.02 Å². The second-order valence-corrected chi connectivity index (χ2v) is 4.65. The minimum atomic E-state index is -0.587. The van der Waals surface area contributed by atoms with Crippen molar-refractivity contribution in [1.82, 2.24) is 0 Å². The van der Waals surface area contributed by atoms with Crippen LogP contribution in [-0.2, 0) is 0 Å². The molecule has 2 aromatic carbocycles. The zero-order chi connectivity index (χ0) is 14.0. The number of phenols is 1. The summed E-state index contributed by atoms with van der Waals surface area (Å²) in [7, 11) is 0. The Balaban J connectivity index is 2.25. The summed E-state index contributed by atoms with van der Waals surface area (Å²) in [5.41, 5.74) is 0.231. The molecule has 2 aromatic rings. The molecular weight excluding hydrogens is 292 g/mol. The number of benzene rings is 2. The molecule has 0 spiro atoms. The van der Waals surface area contributed by atoms with Gasteiger partial charge in [-0.1, -0.05) is 23.2 Å². The Morgan fingerprint density at radius 2 is 1.84 bits per heavy atom. The van der Waals surface area contributed by atoms with E-state index < -0.39 is 11.7 Å². The molecule has 0 heterocycles. The maximum absolute atomic E-state index is 13.1. The molecular formula is C13H8Cl2FNO2. The molecule has 0 aliphatic heterocycles. The van der Waals surface area contributed by atoms with Gasteiger partial charge in [0.25, 0.3) is 5.91 Å². The smallest absolute Gasteiger partial charge is 0.259 e. The molecule has 0 aromatic heterocycles. The number of amides is 1. The average molecular weight is 300 g/mol. The Kier molecular flexibility index (Phi) is 3.93. The van der Waals surface area contributed by atoms with Crippen molar-refractivity contribution < 1.29 is 14.3 Å². The van der Waals surface area contributed by atoms with Crippen LogP contribution in [-0.4, -0.2) is 11.0 Å². The molecule has 3 nitrogen and oxygen atoms in total. The second kappa shape index (κ2) is 5.47. The number of hydrogen-bond acceptors (Lipinski definition) is 2. The summed E-state index contributed by atoms with van der Waals surface area (Å²) in [4.78, 5) is 11.9. The van der Waals surface area contributed by atoms with Crippen LogP contribution in [0.2, 0.25) is 10.0 Å². The summed E-state index contributed by atoms with van der Waals surface area (Å²) in [6.07, 6.45) is 0. The maximum Gasteiger partial charge on any atom is 0.259 e. The minimum absolute atomic E-state index is 0.0322. The zero-order valence-corrected chi connectivity index (χ0v) is 11.0. The van der Waals surface area contributed by atoms with Crippen molar-refractivity contribution in [1.29, 1.82) is 0 Å². The third kappa shape index (κ3) is 3.36. The van der Waals surface area contributed by atoms with Crippen molar-refractivity contribution >= 4 is 34.8 Å². The summed E-state index contributed by atoms with van der Waals surface area (Å²) in [6, 6.07) is 7.72. The average Bonchev–Trinajstić information content (AvgIpc) is 2.26. The molecule has 1 amide bonds. The number of nitrogens with one attached hydrogen (secondary N) is 1. The Morgan fingerprint density at radius 1 is 1.11 bits per heavy atom. The van der Waals surface area contributed by atoms with Crippen molar-refractivity contribution in [3.05, 3.63) is 57.8 Å². The first-order chi connectivity index (χ1) is 8.95. The molecule has 6 heteroatoms. The van der Waals surface area contributed by atoms with Gasteiger partial charge in [-0.2, -0.15) is 0 Å². The van der Waals surface area contributed by atoms with Crippen LogP contribution in [0.3, 0.4) is 0 Å².